The van der Waals surface area contributed by atoms with E-state index in [0.29, 0.717) is 6.79 Å². The summed E-state index contributed by atoms with van der Waals surface area (Å²) in [6.07, 6.45) is 6.45. The topological polar surface area (TPSA) is 71.1 Å². The molecule has 6 heteroatoms. The Morgan fingerprint density at radius 2 is 1.80 bits per heavy atom. The zero-order chi connectivity index (χ0) is 17.9. The molecule has 0 aliphatic carbocycles. The molecule has 1 aliphatic heterocycles. The van der Waals surface area contributed by atoms with Crippen LogP contribution in [-0.4, -0.2) is 25.5 Å². The molecule has 138 valence electrons. The number of para-hydroxylation sites is 1. The molecule has 0 spiro atoms. The molecule has 1 heterocycles. The van der Waals surface area contributed by atoms with Gasteiger partial charge in [0.15, 0.2) is 11.5 Å². The second kappa shape index (κ2) is 10.6. The predicted octanol–water partition coefficient (Wildman–Crippen LogP) is 4.39. The third-order valence-electron chi connectivity index (χ3n) is 4.01. The number of unbranched alkanes of at least 4 members (excludes halogenated alkanes) is 5. The molecular weight excluding hydrogens is 324 g/mol. The zero-order valence-electron chi connectivity index (χ0n) is 14.8. The highest BCUT2D eigenvalue weighted by atomic mass is 16.7. The summed E-state index contributed by atoms with van der Waals surface area (Å²) in [5.41, 5.74) is 1.21. The molecule has 0 fully saturated rings. The summed E-state index contributed by atoms with van der Waals surface area (Å²) >= 11 is 0. The Kier molecular flexibility index (Phi) is 8.09. The lowest BCUT2D eigenvalue weighted by Gasteiger charge is -2.06. The van der Waals surface area contributed by atoms with E-state index >= 15 is 0 Å². The smallest absolute Gasteiger partial charge is 0.454 e. The SMILES string of the molecule is CCOC(=O)OC(=O)CCCCCCCCc1cccc2c1OCO2. The van der Waals surface area contributed by atoms with Crippen LogP contribution < -0.4 is 9.47 Å². The average molecular weight is 350 g/mol. The van der Waals surface area contributed by atoms with Crippen LogP contribution >= 0.6 is 0 Å². The van der Waals surface area contributed by atoms with Crippen LogP contribution in [0.3, 0.4) is 0 Å². The Morgan fingerprint density at radius 3 is 2.60 bits per heavy atom. The largest absolute Gasteiger partial charge is 0.516 e. The molecule has 1 aromatic carbocycles. The van der Waals surface area contributed by atoms with Crippen LogP contribution in [0.4, 0.5) is 4.79 Å². The van der Waals surface area contributed by atoms with E-state index in [1.165, 1.54) is 5.56 Å². The molecular formula is C19H26O6. The molecule has 1 aromatic rings. The Morgan fingerprint density at radius 1 is 1.04 bits per heavy atom. The Bertz CT molecular complexity index is 569. The van der Waals surface area contributed by atoms with Crippen LogP contribution in [0.5, 0.6) is 11.5 Å². The van der Waals surface area contributed by atoms with E-state index in [2.05, 4.69) is 15.5 Å². The van der Waals surface area contributed by atoms with Crippen LogP contribution in [0.25, 0.3) is 0 Å². The van der Waals surface area contributed by atoms with Crippen molar-refractivity contribution in [1.29, 1.82) is 0 Å². The number of ether oxygens (including phenoxy) is 4. The summed E-state index contributed by atoms with van der Waals surface area (Å²) in [5, 5.41) is 0. The molecule has 0 N–H and O–H groups in total. The molecule has 0 aromatic heterocycles. The maximum Gasteiger partial charge on any atom is 0.516 e. The third-order valence-corrected chi connectivity index (χ3v) is 4.01. The number of esters is 1. The fraction of sp³-hybridized carbons (Fsp3) is 0.579. The fourth-order valence-electron chi connectivity index (χ4n) is 2.77. The maximum absolute atomic E-state index is 11.4. The minimum atomic E-state index is -0.908. The van der Waals surface area contributed by atoms with Crippen LogP contribution in [0, 0.1) is 0 Å². The fourth-order valence-corrected chi connectivity index (χ4v) is 2.77. The van der Waals surface area contributed by atoms with Crippen molar-refractivity contribution in [1.82, 2.24) is 0 Å². The molecule has 0 radical (unpaired) electrons. The molecule has 25 heavy (non-hydrogen) atoms. The maximum atomic E-state index is 11.4. The zero-order valence-corrected chi connectivity index (χ0v) is 14.8. The van der Waals surface area contributed by atoms with Gasteiger partial charge < -0.3 is 18.9 Å². The number of rotatable bonds is 10. The van der Waals surface area contributed by atoms with E-state index in [1.54, 1.807) is 6.92 Å². The second-order valence-electron chi connectivity index (χ2n) is 5.93. The molecule has 2 rings (SSSR count). The lowest BCUT2D eigenvalue weighted by atomic mass is 10.0. The van der Waals surface area contributed by atoms with Gasteiger partial charge in [-0.2, -0.15) is 0 Å². The van der Waals surface area contributed by atoms with Crippen molar-refractivity contribution < 1.29 is 28.5 Å². The van der Waals surface area contributed by atoms with Crippen LogP contribution in [0.15, 0.2) is 18.2 Å². The van der Waals surface area contributed by atoms with Crippen molar-refractivity contribution in [2.75, 3.05) is 13.4 Å². The van der Waals surface area contributed by atoms with Crippen molar-refractivity contribution in [2.24, 2.45) is 0 Å². The summed E-state index contributed by atoms with van der Waals surface area (Å²) in [4.78, 5) is 22.3. The first-order valence-electron chi connectivity index (χ1n) is 8.95. The van der Waals surface area contributed by atoms with Crippen molar-refractivity contribution >= 4 is 12.1 Å². The Labute approximate surface area is 148 Å². The molecule has 1 aliphatic rings. The average Bonchev–Trinajstić information content (AvgIpc) is 3.06. The predicted molar refractivity (Wildman–Crippen MR) is 91.7 cm³/mol. The molecule has 0 saturated carbocycles. The van der Waals surface area contributed by atoms with Crippen LogP contribution in [-0.2, 0) is 20.7 Å². The van der Waals surface area contributed by atoms with Gasteiger partial charge in [0.25, 0.3) is 0 Å². The van der Waals surface area contributed by atoms with E-state index in [-0.39, 0.29) is 13.0 Å². The van der Waals surface area contributed by atoms with E-state index in [0.717, 1.165) is 56.4 Å². The van der Waals surface area contributed by atoms with E-state index in [4.69, 9.17) is 9.47 Å². The standard InChI is InChI=1S/C19H26O6/c1-2-22-19(21)25-17(20)13-8-6-4-3-5-7-10-15-11-9-12-16-18(15)24-14-23-16/h9,11-12H,2-8,10,13-14H2,1H3. The van der Waals surface area contributed by atoms with Gasteiger partial charge in [0, 0.05) is 6.42 Å². The molecule has 6 nitrogen and oxygen atoms in total. The van der Waals surface area contributed by atoms with E-state index in [1.807, 2.05) is 12.1 Å². The van der Waals surface area contributed by atoms with Crippen LogP contribution in [0.1, 0.15) is 57.4 Å². The van der Waals surface area contributed by atoms with Crippen molar-refractivity contribution in [3.63, 3.8) is 0 Å². The first kappa shape index (κ1) is 19.1. The highest BCUT2D eigenvalue weighted by Gasteiger charge is 2.16. The summed E-state index contributed by atoms with van der Waals surface area (Å²) in [7, 11) is 0. The van der Waals surface area contributed by atoms with Crippen LogP contribution in [0.2, 0.25) is 0 Å². The Hall–Kier alpha value is -2.24. The normalized spacial score (nSPS) is 12.0. The first-order valence-corrected chi connectivity index (χ1v) is 8.95. The number of carbonyl (C=O) groups is 2. The number of hydrogen-bond donors (Lipinski definition) is 0. The number of carbonyl (C=O) groups excluding carboxylic acids is 2. The van der Waals surface area contributed by atoms with Crippen molar-refractivity contribution in [2.45, 2.75) is 58.3 Å². The van der Waals surface area contributed by atoms with E-state index in [9.17, 15) is 9.59 Å². The summed E-state index contributed by atoms with van der Waals surface area (Å²) in [6, 6.07) is 6.01. The van der Waals surface area contributed by atoms with Crippen molar-refractivity contribution in [3.05, 3.63) is 23.8 Å². The molecule has 0 bridgehead atoms. The highest BCUT2D eigenvalue weighted by Crippen LogP contribution is 2.36. The van der Waals surface area contributed by atoms with Crippen molar-refractivity contribution in [3.8, 4) is 11.5 Å². The monoisotopic (exact) mass is 350 g/mol. The lowest BCUT2D eigenvalue weighted by molar-refractivity contribution is -0.139. The highest BCUT2D eigenvalue weighted by molar-refractivity contribution is 5.81. The third kappa shape index (κ3) is 6.64. The number of aryl methyl sites for hydroxylation is 1. The van der Waals surface area contributed by atoms with Gasteiger partial charge in [0.05, 0.1) is 6.61 Å². The summed E-state index contributed by atoms with van der Waals surface area (Å²) in [5.74, 6) is 1.22. The summed E-state index contributed by atoms with van der Waals surface area (Å²) < 4.78 is 19.9. The van der Waals surface area contributed by atoms with Gasteiger partial charge in [-0.3, -0.25) is 4.79 Å². The van der Waals surface area contributed by atoms with Gasteiger partial charge in [-0.1, -0.05) is 37.8 Å². The van der Waals surface area contributed by atoms with Gasteiger partial charge in [0.1, 0.15) is 0 Å². The van der Waals surface area contributed by atoms with Gasteiger partial charge in [-0.25, -0.2) is 4.79 Å². The number of benzene rings is 1. The van der Waals surface area contributed by atoms with Gasteiger partial charge in [0.2, 0.25) is 6.79 Å². The van der Waals surface area contributed by atoms with Gasteiger partial charge in [-0.15, -0.1) is 0 Å². The Balaban J connectivity index is 1.48. The molecule has 0 unspecified atom stereocenters. The molecule has 0 atom stereocenters. The summed E-state index contributed by atoms with van der Waals surface area (Å²) in [6.45, 7) is 2.18. The number of hydrogen-bond acceptors (Lipinski definition) is 6. The molecule has 0 saturated heterocycles. The second-order valence-corrected chi connectivity index (χ2v) is 5.93. The van der Waals surface area contributed by atoms with Gasteiger partial charge in [-0.05, 0) is 37.8 Å². The minimum absolute atomic E-state index is 0.205. The van der Waals surface area contributed by atoms with Gasteiger partial charge >= 0.3 is 12.1 Å². The first-order chi connectivity index (χ1) is 12.2. The number of fused-ring (bicyclic) bond motifs is 1. The van der Waals surface area contributed by atoms with E-state index < -0.39 is 12.1 Å². The minimum Gasteiger partial charge on any atom is -0.454 e. The quantitative estimate of drug-likeness (QED) is 0.354. The molecule has 0 amide bonds. The lowest BCUT2D eigenvalue weighted by Crippen LogP contribution is -2.13.